The van der Waals surface area contributed by atoms with Crippen molar-refractivity contribution in [3.63, 3.8) is 0 Å². The van der Waals surface area contributed by atoms with Gasteiger partial charge < -0.3 is 4.74 Å². The van der Waals surface area contributed by atoms with Crippen molar-refractivity contribution < 1.29 is 13.2 Å². The molecule has 0 aliphatic heterocycles. The molecule has 0 aliphatic rings. The van der Waals surface area contributed by atoms with Crippen LogP contribution in [0.15, 0.2) is 29.2 Å². The third-order valence-electron chi connectivity index (χ3n) is 3.28. The molecular formula is C15H19N3O3S. The van der Waals surface area contributed by atoms with E-state index in [0.29, 0.717) is 17.0 Å². The van der Waals surface area contributed by atoms with Crippen LogP contribution in [0, 0.1) is 20.8 Å². The fourth-order valence-corrected chi connectivity index (χ4v) is 3.35. The van der Waals surface area contributed by atoms with Crippen LogP contribution >= 0.6 is 0 Å². The number of ether oxygens (including phenoxy) is 1. The van der Waals surface area contributed by atoms with Crippen molar-refractivity contribution in [2.45, 2.75) is 32.2 Å². The molecule has 0 spiro atoms. The van der Waals surface area contributed by atoms with Crippen LogP contribution in [0.1, 0.15) is 22.5 Å². The molecule has 2 aromatic rings. The van der Waals surface area contributed by atoms with Crippen molar-refractivity contribution in [1.29, 1.82) is 0 Å². The van der Waals surface area contributed by atoms with Gasteiger partial charge in [-0.2, -0.15) is 10.2 Å². The Hall–Kier alpha value is -1.99. The lowest BCUT2D eigenvalue weighted by Crippen LogP contribution is -2.24. The Labute approximate surface area is 130 Å². The lowest BCUT2D eigenvalue weighted by molar-refractivity contribution is 0.411. The Balaban J connectivity index is 2.23. The number of benzene rings is 1. The van der Waals surface area contributed by atoms with Gasteiger partial charge in [-0.25, -0.2) is 13.1 Å². The maximum absolute atomic E-state index is 12.4. The minimum Gasteiger partial charge on any atom is -0.496 e. The maximum atomic E-state index is 12.4. The third-order valence-corrected chi connectivity index (χ3v) is 4.82. The third kappa shape index (κ3) is 3.61. The number of hydrogen-bond acceptors (Lipinski definition) is 5. The average Bonchev–Trinajstić information content (AvgIpc) is 2.48. The monoisotopic (exact) mass is 321 g/mol. The quantitative estimate of drug-likeness (QED) is 0.909. The van der Waals surface area contributed by atoms with Gasteiger partial charge in [0.05, 0.1) is 29.9 Å². The molecule has 1 aromatic heterocycles. The number of sulfonamides is 1. The smallest absolute Gasteiger partial charge is 0.241 e. The maximum Gasteiger partial charge on any atom is 0.241 e. The summed E-state index contributed by atoms with van der Waals surface area (Å²) in [5.41, 5.74) is 2.75. The Morgan fingerprint density at radius 1 is 1.09 bits per heavy atom. The van der Waals surface area contributed by atoms with E-state index in [1.54, 1.807) is 38.3 Å². The lowest BCUT2D eigenvalue weighted by Gasteiger charge is -2.12. The van der Waals surface area contributed by atoms with E-state index in [2.05, 4.69) is 14.9 Å². The van der Waals surface area contributed by atoms with Crippen LogP contribution in [0.25, 0.3) is 0 Å². The van der Waals surface area contributed by atoms with Crippen molar-refractivity contribution in [2.24, 2.45) is 0 Å². The highest BCUT2D eigenvalue weighted by molar-refractivity contribution is 7.89. The molecule has 118 valence electrons. The lowest BCUT2D eigenvalue weighted by atomic mass is 10.1. The Morgan fingerprint density at radius 3 is 2.41 bits per heavy atom. The van der Waals surface area contributed by atoms with Crippen molar-refractivity contribution in [3.8, 4) is 5.75 Å². The fraction of sp³-hybridized carbons (Fsp3) is 0.333. The minimum absolute atomic E-state index is 0.0974. The minimum atomic E-state index is -3.62. The van der Waals surface area contributed by atoms with Gasteiger partial charge in [-0.3, -0.25) is 0 Å². The number of nitrogens with one attached hydrogen (secondary N) is 1. The van der Waals surface area contributed by atoms with E-state index in [1.807, 2.05) is 13.8 Å². The molecule has 0 atom stereocenters. The first-order chi connectivity index (χ1) is 10.3. The Kier molecular flexibility index (Phi) is 4.77. The Morgan fingerprint density at radius 2 is 1.82 bits per heavy atom. The fourth-order valence-electron chi connectivity index (χ4n) is 2.04. The summed E-state index contributed by atoms with van der Waals surface area (Å²) < 4.78 is 32.6. The van der Waals surface area contributed by atoms with Crippen LogP contribution in [0.5, 0.6) is 5.75 Å². The molecule has 1 N–H and O–H groups in total. The van der Waals surface area contributed by atoms with Crippen molar-refractivity contribution in [2.75, 3.05) is 7.11 Å². The van der Waals surface area contributed by atoms with Crippen LogP contribution in [0.3, 0.4) is 0 Å². The molecule has 7 heteroatoms. The number of aryl methyl sites for hydroxylation is 3. The number of rotatable bonds is 5. The average molecular weight is 321 g/mol. The van der Waals surface area contributed by atoms with Crippen LogP contribution in [-0.4, -0.2) is 25.7 Å². The summed E-state index contributed by atoms with van der Waals surface area (Å²) in [6.45, 7) is 5.47. The van der Waals surface area contributed by atoms with Crippen LogP contribution in [0.2, 0.25) is 0 Å². The number of methoxy groups -OCH3 is 1. The number of nitrogens with zero attached hydrogens (tertiary/aromatic N) is 2. The summed E-state index contributed by atoms with van der Waals surface area (Å²) in [7, 11) is -2.06. The van der Waals surface area contributed by atoms with Crippen molar-refractivity contribution in [1.82, 2.24) is 14.9 Å². The van der Waals surface area contributed by atoms with E-state index in [1.165, 1.54) is 0 Å². The summed E-state index contributed by atoms with van der Waals surface area (Å²) >= 11 is 0. The summed E-state index contributed by atoms with van der Waals surface area (Å²) in [6.07, 6.45) is 0. The van der Waals surface area contributed by atoms with Gasteiger partial charge in [0.1, 0.15) is 5.75 Å². The van der Waals surface area contributed by atoms with Gasteiger partial charge in [0.25, 0.3) is 0 Å². The summed E-state index contributed by atoms with van der Waals surface area (Å²) in [5.74, 6) is 0.667. The topological polar surface area (TPSA) is 81.2 Å². The summed E-state index contributed by atoms with van der Waals surface area (Å²) in [5, 5.41) is 7.85. The predicted molar refractivity (Wildman–Crippen MR) is 83.3 cm³/mol. The molecule has 0 radical (unpaired) electrons. The van der Waals surface area contributed by atoms with Gasteiger partial charge in [0.15, 0.2) is 0 Å². The molecule has 0 aliphatic carbocycles. The molecule has 2 rings (SSSR count). The molecule has 1 aromatic carbocycles. The van der Waals surface area contributed by atoms with E-state index < -0.39 is 10.0 Å². The van der Waals surface area contributed by atoms with E-state index in [4.69, 9.17) is 4.74 Å². The van der Waals surface area contributed by atoms with Gasteiger partial charge >= 0.3 is 0 Å². The van der Waals surface area contributed by atoms with Gasteiger partial charge in [-0.05, 0) is 56.2 Å². The molecule has 0 saturated carbocycles. The van der Waals surface area contributed by atoms with E-state index in [-0.39, 0.29) is 11.4 Å². The molecule has 22 heavy (non-hydrogen) atoms. The zero-order valence-electron chi connectivity index (χ0n) is 13.0. The van der Waals surface area contributed by atoms with Gasteiger partial charge in [-0.1, -0.05) is 0 Å². The van der Waals surface area contributed by atoms with Crippen molar-refractivity contribution >= 4 is 10.0 Å². The van der Waals surface area contributed by atoms with E-state index in [0.717, 1.165) is 11.3 Å². The van der Waals surface area contributed by atoms with Crippen LogP contribution < -0.4 is 9.46 Å². The predicted octanol–water partition coefficient (Wildman–Crippen LogP) is 1.89. The van der Waals surface area contributed by atoms with Crippen LogP contribution in [0.4, 0.5) is 0 Å². The molecule has 1 heterocycles. The van der Waals surface area contributed by atoms with Gasteiger partial charge in [-0.15, -0.1) is 0 Å². The molecule has 0 bridgehead atoms. The zero-order chi connectivity index (χ0) is 16.3. The molecular weight excluding hydrogens is 302 g/mol. The summed E-state index contributed by atoms with van der Waals surface area (Å²) in [6, 6.07) is 6.86. The molecule has 0 amide bonds. The second kappa shape index (κ2) is 6.41. The first-order valence-electron chi connectivity index (χ1n) is 6.77. The standard InChI is InChI=1S/C15H19N3O3S/c1-10-8-15(11(2)7-14(10)21-4)22(19,20)16-9-13-6-5-12(3)17-18-13/h5-8,16H,9H2,1-4H3. The van der Waals surface area contributed by atoms with Gasteiger partial charge in [0, 0.05) is 0 Å². The number of hydrogen-bond donors (Lipinski definition) is 1. The van der Waals surface area contributed by atoms with Crippen LogP contribution in [-0.2, 0) is 16.6 Å². The number of aromatic nitrogens is 2. The van der Waals surface area contributed by atoms with E-state index in [9.17, 15) is 8.42 Å². The first kappa shape index (κ1) is 16.4. The van der Waals surface area contributed by atoms with E-state index >= 15 is 0 Å². The molecule has 0 fully saturated rings. The zero-order valence-corrected chi connectivity index (χ0v) is 13.9. The normalized spacial score (nSPS) is 11.5. The highest BCUT2D eigenvalue weighted by Crippen LogP contribution is 2.25. The van der Waals surface area contributed by atoms with Gasteiger partial charge in [0.2, 0.25) is 10.0 Å². The second-order valence-corrected chi connectivity index (χ2v) is 6.81. The molecule has 0 unspecified atom stereocenters. The largest absolute Gasteiger partial charge is 0.496 e. The summed E-state index contributed by atoms with van der Waals surface area (Å²) in [4.78, 5) is 0.242. The first-order valence-corrected chi connectivity index (χ1v) is 8.26. The highest BCUT2D eigenvalue weighted by Gasteiger charge is 2.18. The second-order valence-electron chi connectivity index (χ2n) is 5.08. The SMILES string of the molecule is COc1cc(C)c(S(=O)(=O)NCc2ccc(C)nn2)cc1C. The Bertz CT molecular complexity index is 771. The highest BCUT2D eigenvalue weighted by atomic mass is 32.2. The molecule has 0 saturated heterocycles. The molecule has 6 nitrogen and oxygen atoms in total. The van der Waals surface area contributed by atoms with Crippen molar-refractivity contribution in [3.05, 3.63) is 46.8 Å².